The molecule has 1 N–H and O–H groups in total. The molecule has 0 atom stereocenters. The predicted molar refractivity (Wildman–Crippen MR) is 111 cm³/mol. The summed E-state index contributed by atoms with van der Waals surface area (Å²) in [5, 5.41) is 12.0. The van der Waals surface area contributed by atoms with Gasteiger partial charge in [-0.2, -0.15) is 13.2 Å². The fraction of sp³-hybridized carbons (Fsp3) is 0.238. The third kappa shape index (κ3) is 4.01. The number of hydrogen-bond acceptors (Lipinski definition) is 5. The van der Waals surface area contributed by atoms with E-state index in [2.05, 4.69) is 4.98 Å². The van der Waals surface area contributed by atoms with E-state index in [4.69, 9.17) is 0 Å². The highest BCUT2D eigenvalue weighted by molar-refractivity contribution is 6.06. The topological polar surface area (TPSA) is 99.6 Å². The van der Waals surface area contributed by atoms with Crippen LogP contribution in [-0.2, 0) is 6.18 Å². The number of anilines is 1. The Hall–Kier alpha value is -3.89. The van der Waals surface area contributed by atoms with E-state index < -0.39 is 27.9 Å². The maximum atomic E-state index is 13.1. The Kier molecular flexibility index (Phi) is 5.33. The molecule has 1 amide bonds. The number of aromatic amines is 1. The summed E-state index contributed by atoms with van der Waals surface area (Å²) in [7, 11) is 0. The number of halogens is 3. The predicted octanol–water partition coefficient (Wildman–Crippen LogP) is 3.42. The van der Waals surface area contributed by atoms with Gasteiger partial charge in [0, 0.05) is 49.2 Å². The Bertz CT molecular complexity index is 1260. The Balaban J connectivity index is 1.56. The van der Waals surface area contributed by atoms with Crippen LogP contribution in [0.1, 0.15) is 15.9 Å². The van der Waals surface area contributed by atoms with Crippen molar-refractivity contribution in [2.45, 2.75) is 6.18 Å². The minimum absolute atomic E-state index is 0.0664. The van der Waals surface area contributed by atoms with Gasteiger partial charge in [-0.3, -0.25) is 19.7 Å². The number of fused-ring (bicyclic) bond motifs is 1. The molecule has 0 unspecified atom stereocenters. The second-order valence-electron chi connectivity index (χ2n) is 7.33. The normalized spacial score (nSPS) is 14.6. The van der Waals surface area contributed by atoms with E-state index >= 15 is 0 Å². The number of piperazine rings is 1. The van der Waals surface area contributed by atoms with Crippen LogP contribution < -0.4 is 10.5 Å². The quantitative estimate of drug-likeness (QED) is 0.491. The zero-order valence-corrected chi connectivity index (χ0v) is 16.6. The van der Waals surface area contributed by atoms with Crippen molar-refractivity contribution < 1.29 is 22.9 Å². The molecule has 0 spiro atoms. The number of alkyl halides is 3. The average Bonchev–Trinajstić information content (AvgIpc) is 2.77. The fourth-order valence-corrected chi connectivity index (χ4v) is 3.82. The summed E-state index contributed by atoms with van der Waals surface area (Å²) in [4.78, 5) is 41.3. The van der Waals surface area contributed by atoms with E-state index in [0.29, 0.717) is 17.0 Å². The molecule has 32 heavy (non-hydrogen) atoms. The van der Waals surface area contributed by atoms with Crippen LogP contribution in [0.4, 0.5) is 24.5 Å². The van der Waals surface area contributed by atoms with E-state index in [1.54, 1.807) is 29.2 Å². The van der Waals surface area contributed by atoms with Crippen LogP contribution in [0.25, 0.3) is 10.9 Å². The smallest absolute Gasteiger partial charge is 0.362 e. The number of nitro groups is 1. The lowest BCUT2D eigenvalue weighted by atomic mass is 10.1. The van der Waals surface area contributed by atoms with Gasteiger partial charge in [-0.05, 0) is 18.2 Å². The second kappa shape index (κ2) is 7.98. The highest BCUT2D eigenvalue weighted by atomic mass is 19.4. The van der Waals surface area contributed by atoms with E-state index in [9.17, 15) is 32.9 Å². The number of aromatic nitrogens is 1. The molecule has 0 aliphatic carbocycles. The summed E-state index contributed by atoms with van der Waals surface area (Å²) in [6.07, 6.45) is -4.69. The van der Waals surface area contributed by atoms with E-state index in [-0.39, 0.29) is 43.3 Å². The molecular weight excluding hydrogens is 429 g/mol. The zero-order valence-electron chi connectivity index (χ0n) is 16.6. The number of pyridine rings is 1. The van der Waals surface area contributed by atoms with Crippen molar-refractivity contribution in [2.24, 2.45) is 0 Å². The van der Waals surface area contributed by atoms with Crippen molar-refractivity contribution >= 4 is 28.2 Å². The van der Waals surface area contributed by atoms with Crippen LogP contribution in [0.3, 0.4) is 0 Å². The highest BCUT2D eigenvalue weighted by Crippen LogP contribution is 2.36. The van der Waals surface area contributed by atoms with Crippen molar-refractivity contribution in [3.63, 3.8) is 0 Å². The number of para-hydroxylation sites is 1. The third-order valence-electron chi connectivity index (χ3n) is 5.39. The molecular formula is C21H17F3N4O4. The number of benzene rings is 2. The van der Waals surface area contributed by atoms with E-state index in [1.807, 2.05) is 0 Å². The maximum absolute atomic E-state index is 13.1. The van der Waals surface area contributed by atoms with Gasteiger partial charge >= 0.3 is 6.18 Å². The molecule has 4 rings (SSSR count). The van der Waals surface area contributed by atoms with Crippen LogP contribution in [0.2, 0.25) is 0 Å². The summed E-state index contributed by atoms with van der Waals surface area (Å²) in [5.41, 5.74) is -1.30. The SMILES string of the molecule is O=C(c1cc(=O)[nH]c2ccccc12)N1CCN(c2ccc(C(F)(F)F)cc2[N+](=O)[O-])CC1. The molecule has 2 heterocycles. The van der Waals surface area contributed by atoms with Gasteiger partial charge < -0.3 is 14.8 Å². The number of rotatable bonds is 3. The molecule has 2 aromatic carbocycles. The van der Waals surface area contributed by atoms with Crippen LogP contribution in [0.5, 0.6) is 0 Å². The summed E-state index contributed by atoms with van der Waals surface area (Å²) in [6.45, 7) is 0.772. The second-order valence-corrected chi connectivity index (χ2v) is 7.33. The fourth-order valence-electron chi connectivity index (χ4n) is 3.82. The number of nitrogens with zero attached hydrogens (tertiary/aromatic N) is 3. The molecule has 8 nitrogen and oxygen atoms in total. The van der Waals surface area contributed by atoms with Gasteiger partial charge in [0.25, 0.3) is 11.6 Å². The number of nitro benzene ring substituents is 1. The number of H-pyrrole nitrogens is 1. The lowest BCUT2D eigenvalue weighted by molar-refractivity contribution is -0.384. The maximum Gasteiger partial charge on any atom is 0.416 e. The molecule has 3 aromatic rings. The molecule has 1 fully saturated rings. The molecule has 1 saturated heterocycles. The van der Waals surface area contributed by atoms with Gasteiger partial charge in [0.1, 0.15) is 5.69 Å². The van der Waals surface area contributed by atoms with Crippen LogP contribution in [0, 0.1) is 10.1 Å². The Morgan fingerprint density at radius 2 is 1.72 bits per heavy atom. The molecule has 1 aliphatic rings. The molecule has 1 aliphatic heterocycles. The van der Waals surface area contributed by atoms with Crippen LogP contribution in [0.15, 0.2) is 53.3 Å². The zero-order chi connectivity index (χ0) is 23.0. The minimum Gasteiger partial charge on any atom is -0.362 e. The van der Waals surface area contributed by atoms with Gasteiger partial charge in [-0.1, -0.05) is 18.2 Å². The van der Waals surface area contributed by atoms with Crippen LogP contribution in [-0.4, -0.2) is 46.9 Å². The van der Waals surface area contributed by atoms with E-state index in [0.717, 1.165) is 12.1 Å². The number of carbonyl (C=O) groups is 1. The minimum atomic E-state index is -4.69. The monoisotopic (exact) mass is 446 g/mol. The highest BCUT2D eigenvalue weighted by Gasteiger charge is 2.34. The lowest BCUT2D eigenvalue weighted by Gasteiger charge is -2.36. The molecule has 11 heteroatoms. The third-order valence-corrected chi connectivity index (χ3v) is 5.39. The number of carbonyl (C=O) groups excluding carboxylic acids is 1. The van der Waals surface area contributed by atoms with Crippen molar-refractivity contribution in [2.75, 3.05) is 31.1 Å². The van der Waals surface area contributed by atoms with Crippen LogP contribution >= 0.6 is 0 Å². The summed E-state index contributed by atoms with van der Waals surface area (Å²) >= 11 is 0. The van der Waals surface area contributed by atoms with Gasteiger partial charge in [-0.25, -0.2) is 0 Å². The number of hydrogen-bond donors (Lipinski definition) is 1. The average molecular weight is 446 g/mol. The molecule has 0 saturated carbocycles. The Labute approximate surface area is 179 Å². The Morgan fingerprint density at radius 1 is 1.03 bits per heavy atom. The summed E-state index contributed by atoms with van der Waals surface area (Å²) < 4.78 is 38.8. The standard InChI is InChI=1S/C21H17F3N4O4/c22-21(23,24)13-5-6-17(18(11-13)28(31)32)26-7-9-27(10-8-26)20(30)15-12-19(29)25-16-4-2-1-3-14(15)16/h1-6,11-12H,7-10H2,(H,25,29). The largest absolute Gasteiger partial charge is 0.416 e. The molecule has 166 valence electrons. The summed E-state index contributed by atoms with van der Waals surface area (Å²) in [6, 6.07) is 10.6. The first-order valence-corrected chi connectivity index (χ1v) is 9.67. The number of amides is 1. The van der Waals surface area contributed by atoms with Crippen molar-refractivity contribution in [1.82, 2.24) is 9.88 Å². The van der Waals surface area contributed by atoms with Crippen molar-refractivity contribution in [3.05, 3.63) is 80.1 Å². The van der Waals surface area contributed by atoms with Gasteiger partial charge in [0.05, 0.1) is 16.1 Å². The molecule has 1 aromatic heterocycles. The van der Waals surface area contributed by atoms with Gasteiger partial charge in [0.2, 0.25) is 5.56 Å². The molecule has 0 bridgehead atoms. The first-order valence-electron chi connectivity index (χ1n) is 9.67. The first-order chi connectivity index (χ1) is 15.1. The lowest BCUT2D eigenvalue weighted by Crippen LogP contribution is -2.49. The van der Waals surface area contributed by atoms with Gasteiger partial charge in [0.15, 0.2) is 0 Å². The van der Waals surface area contributed by atoms with Crippen molar-refractivity contribution in [1.29, 1.82) is 0 Å². The molecule has 0 radical (unpaired) electrons. The van der Waals surface area contributed by atoms with Gasteiger partial charge in [-0.15, -0.1) is 0 Å². The summed E-state index contributed by atoms with van der Waals surface area (Å²) in [5.74, 6) is -0.353. The first kappa shape index (κ1) is 21.3. The van der Waals surface area contributed by atoms with Crippen molar-refractivity contribution in [3.8, 4) is 0 Å². The Morgan fingerprint density at radius 3 is 2.38 bits per heavy atom. The van der Waals surface area contributed by atoms with E-state index in [1.165, 1.54) is 11.0 Å². The number of nitrogens with one attached hydrogen (secondary N) is 1.